The summed E-state index contributed by atoms with van der Waals surface area (Å²) in [6, 6.07) is 4.60. The van der Waals surface area contributed by atoms with Crippen LogP contribution in [0.3, 0.4) is 0 Å². The van der Waals surface area contributed by atoms with Crippen molar-refractivity contribution in [2.24, 2.45) is 0 Å². The lowest BCUT2D eigenvalue weighted by Gasteiger charge is -2.05. The molecule has 0 aromatic carbocycles. The molecule has 17 heavy (non-hydrogen) atoms. The van der Waals surface area contributed by atoms with E-state index >= 15 is 0 Å². The van der Waals surface area contributed by atoms with Gasteiger partial charge in [0.05, 0.1) is 0 Å². The molecule has 0 bridgehead atoms. The fourth-order valence-electron chi connectivity index (χ4n) is 1.12. The molecule has 1 heterocycles. The van der Waals surface area contributed by atoms with Gasteiger partial charge in [-0.3, -0.25) is 0 Å². The summed E-state index contributed by atoms with van der Waals surface area (Å²) in [6.07, 6.45) is 3.13. The normalized spacial score (nSPS) is 10.6. The van der Waals surface area contributed by atoms with Crippen LogP contribution in [0, 0.1) is 11.3 Å². The van der Waals surface area contributed by atoms with E-state index in [9.17, 15) is 8.42 Å². The Morgan fingerprint density at radius 2 is 2.29 bits per heavy atom. The van der Waals surface area contributed by atoms with Crippen LogP contribution in [-0.4, -0.2) is 19.9 Å². The third kappa shape index (κ3) is 3.66. The molecule has 0 amide bonds. The molecule has 0 saturated heterocycles. The molecular formula is C11H13N3O2S. The highest BCUT2D eigenvalue weighted by atomic mass is 32.2. The van der Waals surface area contributed by atoms with Crippen LogP contribution in [0.5, 0.6) is 0 Å². The predicted octanol–water partition coefficient (Wildman–Crippen LogP) is 1.20. The van der Waals surface area contributed by atoms with Crippen molar-refractivity contribution in [3.05, 3.63) is 35.7 Å². The van der Waals surface area contributed by atoms with Crippen molar-refractivity contribution >= 4 is 10.0 Å². The Hall–Kier alpha value is -1.71. The van der Waals surface area contributed by atoms with Crippen LogP contribution in [0.2, 0.25) is 0 Å². The highest BCUT2D eigenvalue weighted by Gasteiger charge is 2.17. The Morgan fingerprint density at radius 1 is 1.59 bits per heavy atom. The summed E-state index contributed by atoms with van der Waals surface area (Å²) in [7, 11) is -3.68. The topological polar surface area (TPSA) is 82.8 Å². The van der Waals surface area contributed by atoms with Crippen molar-refractivity contribution in [1.29, 1.82) is 5.26 Å². The molecule has 5 nitrogen and oxygen atoms in total. The first-order chi connectivity index (χ1) is 7.97. The van der Waals surface area contributed by atoms with Crippen LogP contribution in [0.15, 0.2) is 34.9 Å². The summed E-state index contributed by atoms with van der Waals surface area (Å²) in [6.45, 7) is 3.95. The Bertz CT molecular complexity index is 567. The maximum Gasteiger partial charge on any atom is 0.243 e. The number of sulfonamides is 1. The van der Waals surface area contributed by atoms with Crippen molar-refractivity contribution in [3.63, 3.8) is 0 Å². The number of pyridine rings is 1. The smallest absolute Gasteiger partial charge is 0.243 e. The molecule has 0 radical (unpaired) electrons. The zero-order valence-electron chi connectivity index (χ0n) is 9.64. The molecule has 1 rings (SSSR count). The maximum absolute atomic E-state index is 11.9. The van der Waals surface area contributed by atoms with Crippen molar-refractivity contribution in [2.45, 2.75) is 18.7 Å². The molecule has 0 spiro atoms. The number of aromatic nitrogens is 1. The van der Waals surface area contributed by atoms with Gasteiger partial charge in [0, 0.05) is 12.7 Å². The lowest BCUT2D eigenvalue weighted by atomic mass is 10.3. The molecule has 1 aromatic rings. The van der Waals surface area contributed by atoms with E-state index in [-0.39, 0.29) is 17.1 Å². The van der Waals surface area contributed by atoms with Gasteiger partial charge in [-0.2, -0.15) is 5.26 Å². The maximum atomic E-state index is 11.9. The van der Waals surface area contributed by atoms with Gasteiger partial charge in [0.1, 0.15) is 11.0 Å². The van der Waals surface area contributed by atoms with Crippen molar-refractivity contribution in [2.75, 3.05) is 6.54 Å². The standard InChI is InChI=1S/C11H13N3O2S/c1-9(2)5-7-14-17(15,16)11-4-3-6-13-10(11)8-12/h3-6,14H,7H2,1-2H3. The van der Waals surface area contributed by atoms with Crippen LogP contribution < -0.4 is 4.72 Å². The van der Waals surface area contributed by atoms with E-state index in [1.54, 1.807) is 12.1 Å². The van der Waals surface area contributed by atoms with Gasteiger partial charge in [0.15, 0.2) is 5.69 Å². The summed E-state index contributed by atoms with van der Waals surface area (Å²) in [5, 5.41) is 8.78. The number of nitrogens with zero attached hydrogens (tertiary/aromatic N) is 2. The number of rotatable bonds is 4. The first-order valence-corrected chi connectivity index (χ1v) is 6.44. The van der Waals surface area contributed by atoms with E-state index in [2.05, 4.69) is 9.71 Å². The highest BCUT2D eigenvalue weighted by molar-refractivity contribution is 7.89. The largest absolute Gasteiger partial charge is 0.244 e. The van der Waals surface area contributed by atoms with Crippen molar-refractivity contribution in [1.82, 2.24) is 9.71 Å². The zero-order valence-corrected chi connectivity index (χ0v) is 10.5. The molecule has 1 N–H and O–H groups in total. The predicted molar refractivity (Wildman–Crippen MR) is 63.6 cm³/mol. The summed E-state index contributed by atoms with van der Waals surface area (Å²) >= 11 is 0. The molecule has 0 atom stereocenters. The first kappa shape index (κ1) is 13.4. The van der Waals surface area contributed by atoms with Crippen LogP contribution in [0.1, 0.15) is 19.5 Å². The number of nitrogens with one attached hydrogen (secondary N) is 1. The zero-order chi connectivity index (χ0) is 12.9. The fraction of sp³-hybridized carbons (Fsp3) is 0.273. The molecule has 0 unspecified atom stereocenters. The summed E-state index contributed by atoms with van der Waals surface area (Å²) in [5.41, 5.74) is 0.914. The van der Waals surface area contributed by atoms with Gasteiger partial charge in [0.25, 0.3) is 0 Å². The number of hydrogen-bond donors (Lipinski definition) is 1. The van der Waals surface area contributed by atoms with Crippen LogP contribution in [0.4, 0.5) is 0 Å². The molecule has 0 saturated carbocycles. The van der Waals surface area contributed by atoms with Crippen LogP contribution in [0.25, 0.3) is 0 Å². The summed E-state index contributed by atoms with van der Waals surface area (Å²) in [4.78, 5) is 3.62. The second-order valence-corrected chi connectivity index (χ2v) is 5.33. The van der Waals surface area contributed by atoms with Gasteiger partial charge in [-0.1, -0.05) is 11.6 Å². The third-order valence-electron chi connectivity index (χ3n) is 1.95. The lowest BCUT2D eigenvalue weighted by Crippen LogP contribution is -2.25. The van der Waals surface area contributed by atoms with Crippen LogP contribution in [-0.2, 0) is 10.0 Å². The molecule has 90 valence electrons. The molecule has 0 fully saturated rings. The number of allylic oxidation sites excluding steroid dienone is 1. The quantitative estimate of drug-likeness (QED) is 0.815. The molecule has 0 aliphatic heterocycles. The Kier molecular flexibility index (Phi) is 4.37. The van der Waals surface area contributed by atoms with E-state index in [1.165, 1.54) is 18.3 Å². The third-order valence-corrected chi connectivity index (χ3v) is 3.40. The van der Waals surface area contributed by atoms with E-state index in [1.807, 2.05) is 13.8 Å². The summed E-state index contributed by atoms with van der Waals surface area (Å²) < 4.78 is 26.1. The molecular weight excluding hydrogens is 238 g/mol. The lowest BCUT2D eigenvalue weighted by molar-refractivity contribution is 0.585. The summed E-state index contributed by atoms with van der Waals surface area (Å²) in [5.74, 6) is 0. The number of nitriles is 1. The SMILES string of the molecule is CC(C)=CCNS(=O)(=O)c1cccnc1C#N. The molecule has 1 aromatic heterocycles. The van der Waals surface area contributed by atoms with E-state index in [4.69, 9.17) is 5.26 Å². The van der Waals surface area contributed by atoms with Crippen molar-refractivity contribution in [3.8, 4) is 6.07 Å². The Balaban J connectivity index is 2.99. The van der Waals surface area contributed by atoms with Gasteiger partial charge in [-0.15, -0.1) is 0 Å². The molecule has 0 aliphatic carbocycles. The second-order valence-electron chi connectivity index (χ2n) is 3.60. The minimum Gasteiger partial charge on any atom is -0.244 e. The fourth-order valence-corrected chi connectivity index (χ4v) is 2.19. The van der Waals surface area contributed by atoms with Crippen LogP contribution >= 0.6 is 0 Å². The monoisotopic (exact) mass is 251 g/mol. The Morgan fingerprint density at radius 3 is 2.88 bits per heavy atom. The van der Waals surface area contributed by atoms with Gasteiger partial charge >= 0.3 is 0 Å². The van der Waals surface area contributed by atoms with E-state index < -0.39 is 10.0 Å². The van der Waals surface area contributed by atoms with E-state index in [0.717, 1.165) is 5.57 Å². The minimum atomic E-state index is -3.68. The average molecular weight is 251 g/mol. The van der Waals surface area contributed by atoms with Crippen molar-refractivity contribution < 1.29 is 8.42 Å². The number of hydrogen-bond acceptors (Lipinski definition) is 4. The molecule has 0 aliphatic rings. The molecule has 6 heteroatoms. The second kappa shape index (κ2) is 5.57. The minimum absolute atomic E-state index is 0.0929. The average Bonchev–Trinajstić information content (AvgIpc) is 2.28. The van der Waals surface area contributed by atoms with Gasteiger partial charge in [-0.05, 0) is 26.0 Å². The Labute approximate surface area is 101 Å². The van der Waals surface area contributed by atoms with E-state index in [0.29, 0.717) is 0 Å². The van der Waals surface area contributed by atoms with Gasteiger partial charge in [-0.25, -0.2) is 18.1 Å². The van der Waals surface area contributed by atoms with Gasteiger partial charge in [0.2, 0.25) is 10.0 Å². The first-order valence-electron chi connectivity index (χ1n) is 4.95. The highest BCUT2D eigenvalue weighted by Crippen LogP contribution is 2.11. The van der Waals surface area contributed by atoms with Gasteiger partial charge < -0.3 is 0 Å².